The molecule has 1 aliphatic carbocycles. The van der Waals surface area contributed by atoms with Crippen molar-refractivity contribution in [2.75, 3.05) is 19.8 Å². The van der Waals surface area contributed by atoms with Crippen LogP contribution in [0.5, 0.6) is 0 Å². The van der Waals surface area contributed by atoms with Crippen LogP contribution in [-0.2, 0) is 28.4 Å². The molecule has 0 aromatic heterocycles. The van der Waals surface area contributed by atoms with Gasteiger partial charge in [-0.15, -0.1) is 0 Å². The molecule has 0 radical (unpaired) electrons. The van der Waals surface area contributed by atoms with Gasteiger partial charge in [-0.1, -0.05) is 0 Å². The van der Waals surface area contributed by atoms with E-state index in [-0.39, 0.29) is 13.0 Å². The average Bonchev–Trinajstić information content (AvgIpc) is 3.27. The Labute approximate surface area is 240 Å². The van der Waals surface area contributed by atoms with Crippen molar-refractivity contribution in [3.05, 3.63) is 0 Å². The SMILES string of the molecule is NCC1O[C@H](O[C@H]2[C@@H](O)[C@H](O[C@@H]3[C@@H](O)[C@H](N)C[C@H](N)[C@H]3O[C@H]3O[C@H](CO)[C@@H](O)[C@H](O)[C@H]3N)O[C@@H]2CO)[C@H](N)[C@@H](O)[C@@H]1O. The summed E-state index contributed by atoms with van der Waals surface area (Å²) in [7, 11) is 0. The maximum Gasteiger partial charge on any atom is 0.187 e. The first-order valence-corrected chi connectivity index (χ1v) is 13.8. The van der Waals surface area contributed by atoms with E-state index in [1.54, 1.807) is 0 Å². The Bertz CT molecular complexity index is 866. The standard InChI is InChI=1S/C23H45N5O14/c24-2-7-13(32)15(34)10(27)21(37-7)41-19-9(4-30)39-23(17(19)36)42-20-12(31)5(25)1-6(26)18(20)40-22-11(28)16(35)14(33)8(3-29)38-22/h5-23,29-36H,1-4,24-28H2/t5-,6+,7?,8-,9-,10-,11-,12+,13-,14-,15-,16-,17-,18-,19-,20-,21-,22-,23+/m1/s1. The second kappa shape index (κ2) is 14.1. The first-order chi connectivity index (χ1) is 19.8. The molecule has 19 nitrogen and oxygen atoms in total. The zero-order chi connectivity index (χ0) is 31.0. The summed E-state index contributed by atoms with van der Waals surface area (Å²) in [5, 5.41) is 82.3. The van der Waals surface area contributed by atoms with E-state index in [2.05, 4.69) is 0 Å². The van der Waals surface area contributed by atoms with Crippen molar-refractivity contribution in [1.82, 2.24) is 0 Å². The van der Waals surface area contributed by atoms with E-state index >= 15 is 0 Å². The number of ether oxygens (including phenoxy) is 6. The fraction of sp³-hybridized carbons (Fsp3) is 1.00. The quantitative estimate of drug-likeness (QED) is 0.114. The fourth-order valence-electron chi connectivity index (χ4n) is 5.70. The first-order valence-electron chi connectivity index (χ1n) is 13.8. The number of aliphatic hydroxyl groups excluding tert-OH is 8. The van der Waals surface area contributed by atoms with Gasteiger partial charge >= 0.3 is 0 Å². The normalized spacial score (nSPS) is 53.8. The van der Waals surface area contributed by atoms with Gasteiger partial charge in [-0.2, -0.15) is 0 Å². The van der Waals surface area contributed by atoms with E-state index in [0.29, 0.717) is 0 Å². The molecule has 0 aromatic carbocycles. The van der Waals surface area contributed by atoms with Crippen LogP contribution in [0.15, 0.2) is 0 Å². The van der Waals surface area contributed by atoms with Gasteiger partial charge in [0.25, 0.3) is 0 Å². The van der Waals surface area contributed by atoms with Crippen LogP contribution in [0.2, 0.25) is 0 Å². The Balaban J connectivity index is 1.50. The van der Waals surface area contributed by atoms with Crippen LogP contribution in [0, 0.1) is 0 Å². The van der Waals surface area contributed by atoms with Gasteiger partial charge in [0.2, 0.25) is 0 Å². The van der Waals surface area contributed by atoms with Crippen LogP contribution >= 0.6 is 0 Å². The Hall–Kier alpha value is -0.760. The van der Waals surface area contributed by atoms with Crippen molar-refractivity contribution in [3.8, 4) is 0 Å². The summed E-state index contributed by atoms with van der Waals surface area (Å²) >= 11 is 0. The van der Waals surface area contributed by atoms with Gasteiger partial charge in [0.05, 0.1) is 31.4 Å². The third-order valence-electron chi connectivity index (χ3n) is 8.32. The van der Waals surface area contributed by atoms with Crippen LogP contribution in [0.1, 0.15) is 6.42 Å². The van der Waals surface area contributed by atoms with Crippen LogP contribution in [0.4, 0.5) is 0 Å². The lowest BCUT2D eigenvalue weighted by molar-refractivity contribution is -0.310. The summed E-state index contributed by atoms with van der Waals surface area (Å²) in [6.45, 7) is -1.49. The van der Waals surface area contributed by atoms with E-state index in [1.807, 2.05) is 0 Å². The van der Waals surface area contributed by atoms with Gasteiger partial charge in [0.1, 0.15) is 67.1 Å². The Morgan fingerprint density at radius 2 is 1.00 bits per heavy atom. The molecular weight excluding hydrogens is 570 g/mol. The van der Waals surface area contributed by atoms with Gasteiger partial charge in [0.15, 0.2) is 18.9 Å². The summed E-state index contributed by atoms with van der Waals surface area (Å²) in [6.07, 6.45) is -20.5. The van der Waals surface area contributed by atoms with Gasteiger partial charge in [-0.3, -0.25) is 0 Å². The maximum absolute atomic E-state index is 11.1. The number of hydrogen-bond donors (Lipinski definition) is 13. The molecule has 0 aromatic rings. The van der Waals surface area contributed by atoms with E-state index < -0.39 is 129 Å². The first kappa shape index (κ1) is 34.1. The number of aliphatic hydroxyl groups is 8. The van der Waals surface area contributed by atoms with Crippen LogP contribution < -0.4 is 28.7 Å². The second-order valence-electron chi connectivity index (χ2n) is 11.2. The second-order valence-corrected chi connectivity index (χ2v) is 11.2. The molecule has 4 aliphatic rings. The predicted molar refractivity (Wildman–Crippen MR) is 136 cm³/mol. The topological polar surface area (TPSA) is 347 Å². The smallest absolute Gasteiger partial charge is 0.187 e. The Morgan fingerprint density at radius 3 is 1.55 bits per heavy atom. The summed E-state index contributed by atoms with van der Waals surface area (Å²) < 4.78 is 34.4. The zero-order valence-corrected chi connectivity index (χ0v) is 22.7. The average molecular weight is 616 g/mol. The minimum atomic E-state index is -1.62. The molecule has 4 rings (SSSR count). The minimum absolute atomic E-state index is 0.0642. The molecule has 4 fully saturated rings. The van der Waals surface area contributed by atoms with Crippen molar-refractivity contribution in [3.63, 3.8) is 0 Å². The minimum Gasteiger partial charge on any atom is -0.394 e. The largest absolute Gasteiger partial charge is 0.394 e. The molecular formula is C23H45N5O14. The van der Waals surface area contributed by atoms with Crippen molar-refractivity contribution >= 4 is 0 Å². The van der Waals surface area contributed by atoms with Crippen LogP contribution in [0.25, 0.3) is 0 Å². The molecule has 3 heterocycles. The lowest BCUT2D eigenvalue weighted by Gasteiger charge is -2.47. The molecule has 42 heavy (non-hydrogen) atoms. The molecule has 0 spiro atoms. The van der Waals surface area contributed by atoms with Gasteiger partial charge < -0.3 is 97.9 Å². The van der Waals surface area contributed by atoms with E-state index in [9.17, 15) is 40.9 Å². The summed E-state index contributed by atoms with van der Waals surface area (Å²) in [4.78, 5) is 0. The molecule has 246 valence electrons. The van der Waals surface area contributed by atoms with Gasteiger partial charge in [0, 0.05) is 18.6 Å². The third-order valence-corrected chi connectivity index (χ3v) is 8.32. The lowest BCUT2D eigenvalue weighted by atomic mass is 9.84. The van der Waals surface area contributed by atoms with Gasteiger partial charge in [-0.25, -0.2) is 0 Å². The molecule has 19 atom stereocenters. The molecule has 0 amide bonds. The number of rotatable bonds is 9. The van der Waals surface area contributed by atoms with Gasteiger partial charge in [-0.05, 0) is 6.42 Å². The molecule has 0 bridgehead atoms. The molecule has 3 saturated heterocycles. The highest BCUT2D eigenvalue weighted by atomic mass is 16.8. The molecule has 18 N–H and O–H groups in total. The van der Waals surface area contributed by atoms with Crippen molar-refractivity contribution in [2.24, 2.45) is 28.7 Å². The molecule has 1 saturated carbocycles. The predicted octanol–water partition coefficient (Wildman–Crippen LogP) is -8.86. The number of hydrogen-bond acceptors (Lipinski definition) is 19. The zero-order valence-electron chi connectivity index (χ0n) is 22.7. The van der Waals surface area contributed by atoms with Crippen LogP contribution in [-0.4, -0.2) is 177 Å². The Morgan fingerprint density at radius 1 is 0.524 bits per heavy atom. The highest BCUT2D eigenvalue weighted by molar-refractivity contribution is 5.02. The summed E-state index contributed by atoms with van der Waals surface area (Å²) in [6, 6.07) is -4.30. The molecule has 1 unspecified atom stereocenters. The third kappa shape index (κ3) is 6.60. The molecule has 3 aliphatic heterocycles. The number of nitrogens with two attached hydrogens (primary N) is 5. The maximum atomic E-state index is 11.1. The van der Waals surface area contributed by atoms with E-state index in [0.717, 1.165) is 0 Å². The molecule has 19 heteroatoms. The van der Waals surface area contributed by atoms with Crippen LogP contribution in [0.3, 0.4) is 0 Å². The van der Waals surface area contributed by atoms with Crippen molar-refractivity contribution in [1.29, 1.82) is 0 Å². The highest BCUT2D eigenvalue weighted by Gasteiger charge is 2.54. The van der Waals surface area contributed by atoms with Crippen molar-refractivity contribution in [2.45, 2.75) is 123 Å². The highest BCUT2D eigenvalue weighted by Crippen LogP contribution is 2.34. The van der Waals surface area contributed by atoms with E-state index in [4.69, 9.17) is 57.1 Å². The monoisotopic (exact) mass is 615 g/mol. The van der Waals surface area contributed by atoms with E-state index in [1.165, 1.54) is 0 Å². The summed E-state index contributed by atoms with van der Waals surface area (Å²) in [5.74, 6) is 0. The fourth-order valence-corrected chi connectivity index (χ4v) is 5.70. The van der Waals surface area contributed by atoms with Crippen molar-refractivity contribution < 1.29 is 69.3 Å². The summed E-state index contributed by atoms with van der Waals surface area (Å²) in [5.41, 5.74) is 29.9. The Kier molecular flexibility index (Phi) is 11.5. The lowest BCUT2D eigenvalue weighted by Crippen LogP contribution is -2.68.